The molecule has 0 radical (unpaired) electrons. The molecule has 0 aliphatic carbocycles. The lowest BCUT2D eigenvalue weighted by Crippen LogP contribution is -1.99. The van der Waals surface area contributed by atoms with Crippen molar-refractivity contribution in [3.05, 3.63) is 36.8 Å². The average molecular weight is 284 g/mol. The fraction of sp³-hybridized carbons (Fsp3) is 0.308. The lowest BCUT2D eigenvalue weighted by atomic mass is 10.1. The summed E-state index contributed by atoms with van der Waals surface area (Å²) < 4.78 is 12.4. The minimum absolute atomic E-state index is 0.228. The maximum absolute atomic E-state index is 5.33. The van der Waals surface area contributed by atoms with Crippen LogP contribution in [0.1, 0.15) is 18.2 Å². The number of ether oxygens (including phenoxy) is 1. The van der Waals surface area contributed by atoms with Gasteiger partial charge in [0, 0.05) is 18.7 Å². The van der Waals surface area contributed by atoms with Crippen LogP contribution < -0.4 is 0 Å². The van der Waals surface area contributed by atoms with Gasteiger partial charge in [-0.2, -0.15) is 4.98 Å². The molecule has 8 nitrogen and oxygen atoms in total. The summed E-state index contributed by atoms with van der Waals surface area (Å²) in [6.07, 6.45) is 5.81. The molecule has 1 saturated heterocycles. The second-order valence-corrected chi connectivity index (χ2v) is 4.79. The Morgan fingerprint density at radius 1 is 1.19 bits per heavy atom. The van der Waals surface area contributed by atoms with E-state index in [1.807, 2.05) is 12.1 Å². The molecular formula is C13H12N6O2. The molecule has 3 aromatic heterocycles. The van der Waals surface area contributed by atoms with Crippen molar-refractivity contribution < 1.29 is 9.26 Å². The van der Waals surface area contributed by atoms with Gasteiger partial charge in [0.05, 0.1) is 12.2 Å². The second-order valence-electron chi connectivity index (χ2n) is 4.79. The topological polar surface area (TPSA) is 91.8 Å². The minimum atomic E-state index is 0.228. The number of hydrogen-bond donors (Lipinski definition) is 0. The van der Waals surface area contributed by atoms with E-state index in [1.54, 1.807) is 23.4 Å². The predicted octanol–water partition coefficient (Wildman–Crippen LogP) is 1.22. The Morgan fingerprint density at radius 3 is 2.81 bits per heavy atom. The molecule has 0 unspecified atom stereocenters. The van der Waals surface area contributed by atoms with E-state index >= 15 is 0 Å². The molecule has 4 heterocycles. The van der Waals surface area contributed by atoms with Crippen LogP contribution >= 0.6 is 0 Å². The number of pyridine rings is 1. The Bertz CT molecular complexity index is 715. The number of nitrogens with zero attached hydrogens (tertiary/aromatic N) is 6. The first-order valence-electron chi connectivity index (χ1n) is 6.63. The lowest BCUT2D eigenvalue weighted by molar-refractivity contribution is 0.192. The Morgan fingerprint density at radius 2 is 2.10 bits per heavy atom. The molecule has 0 amide bonds. The number of rotatable bonds is 3. The maximum Gasteiger partial charge on any atom is 0.259 e. The Balaban J connectivity index is 1.58. The van der Waals surface area contributed by atoms with Crippen LogP contribution in [0.5, 0.6) is 0 Å². The summed E-state index contributed by atoms with van der Waals surface area (Å²) in [4.78, 5) is 8.76. The fourth-order valence-corrected chi connectivity index (χ4v) is 2.24. The van der Waals surface area contributed by atoms with Crippen molar-refractivity contribution in [2.45, 2.75) is 12.3 Å². The first-order chi connectivity index (χ1) is 10.4. The maximum atomic E-state index is 5.33. The molecule has 0 saturated carbocycles. The zero-order valence-corrected chi connectivity index (χ0v) is 11.1. The van der Waals surface area contributed by atoms with Crippen molar-refractivity contribution in [3.63, 3.8) is 0 Å². The first kappa shape index (κ1) is 12.2. The van der Waals surface area contributed by atoms with E-state index in [-0.39, 0.29) is 5.92 Å². The summed E-state index contributed by atoms with van der Waals surface area (Å²) in [6.45, 7) is 1.41. The zero-order valence-electron chi connectivity index (χ0n) is 11.1. The third-order valence-corrected chi connectivity index (χ3v) is 3.41. The highest BCUT2D eigenvalue weighted by Gasteiger charge is 2.23. The van der Waals surface area contributed by atoms with Crippen LogP contribution in [0.15, 0.2) is 35.5 Å². The highest BCUT2D eigenvalue weighted by atomic mass is 16.5. The van der Waals surface area contributed by atoms with Gasteiger partial charge in [0.2, 0.25) is 0 Å². The molecule has 0 spiro atoms. The molecule has 106 valence electrons. The molecule has 0 N–H and O–H groups in total. The largest absolute Gasteiger partial charge is 0.381 e. The van der Waals surface area contributed by atoms with Gasteiger partial charge < -0.3 is 9.26 Å². The standard InChI is InChI=1S/C13H12N6O2/c1-2-11(19-7-15-16-8-19)14-5-9(1)13-17-12(18-21-13)10-3-4-20-6-10/h1-2,5,7-8,10H,3-4,6H2/t10-/m1/s1. The van der Waals surface area contributed by atoms with Crippen LogP contribution in [-0.2, 0) is 4.74 Å². The molecule has 3 aromatic rings. The van der Waals surface area contributed by atoms with Gasteiger partial charge in [-0.05, 0) is 18.6 Å². The van der Waals surface area contributed by atoms with E-state index in [1.165, 1.54) is 0 Å². The van der Waals surface area contributed by atoms with Crippen molar-refractivity contribution in [2.75, 3.05) is 13.2 Å². The van der Waals surface area contributed by atoms with Gasteiger partial charge in [0.1, 0.15) is 18.5 Å². The third-order valence-electron chi connectivity index (χ3n) is 3.41. The van der Waals surface area contributed by atoms with Crippen LogP contribution in [0.2, 0.25) is 0 Å². The average Bonchev–Trinajstić information content (AvgIpc) is 3.27. The molecule has 1 fully saturated rings. The Hall–Kier alpha value is -2.61. The third kappa shape index (κ3) is 2.29. The summed E-state index contributed by atoms with van der Waals surface area (Å²) in [5.41, 5.74) is 0.782. The van der Waals surface area contributed by atoms with Crippen LogP contribution in [-0.4, -0.2) is 43.1 Å². The molecule has 1 aliphatic rings. The van der Waals surface area contributed by atoms with Crippen molar-refractivity contribution in [1.82, 2.24) is 29.9 Å². The summed E-state index contributed by atoms with van der Waals surface area (Å²) in [7, 11) is 0. The molecule has 4 rings (SSSR count). The molecule has 1 atom stereocenters. The molecule has 21 heavy (non-hydrogen) atoms. The quantitative estimate of drug-likeness (QED) is 0.713. The second kappa shape index (κ2) is 5.06. The van der Waals surface area contributed by atoms with Crippen LogP contribution in [0.25, 0.3) is 17.3 Å². The Kier molecular flexibility index (Phi) is 2.93. The smallest absolute Gasteiger partial charge is 0.259 e. The first-order valence-corrected chi connectivity index (χ1v) is 6.63. The van der Waals surface area contributed by atoms with Crippen LogP contribution in [0.3, 0.4) is 0 Å². The summed E-state index contributed by atoms with van der Waals surface area (Å²) in [5, 5.41) is 11.5. The van der Waals surface area contributed by atoms with Gasteiger partial charge in [0.15, 0.2) is 5.82 Å². The van der Waals surface area contributed by atoms with Crippen molar-refractivity contribution in [1.29, 1.82) is 0 Å². The summed E-state index contributed by atoms with van der Waals surface area (Å²) in [6, 6.07) is 3.73. The molecule has 1 aliphatic heterocycles. The SMILES string of the molecule is c1cc(-n2cnnc2)ncc1-c1nc([C@@H]2CCOC2)no1. The van der Waals surface area contributed by atoms with Crippen LogP contribution in [0.4, 0.5) is 0 Å². The predicted molar refractivity (Wildman–Crippen MR) is 70.6 cm³/mol. The van der Waals surface area contributed by atoms with E-state index < -0.39 is 0 Å². The van der Waals surface area contributed by atoms with E-state index in [0.717, 1.165) is 24.4 Å². The monoisotopic (exact) mass is 284 g/mol. The van der Waals surface area contributed by atoms with Crippen molar-refractivity contribution in [2.24, 2.45) is 0 Å². The van der Waals surface area contributed by atoms with Crippen LogP contribution in [0, 0.1) is 0 Å². The molecular weight excluding hydrogens is 272 g/mol. The van der Waals surface area contributed by atoms with Gasteiger partial charge >= 0.3 is 0 Å². The van der Waals surface area contributed by atoms with Gasteiger partial charge in [-0.1, -0.05) is 5.16 Å². The van der Waals surface area contributed by atoms with Crippen molar-refractivity contribution in [3.8, 4) is 17.3 Å². The molecule has 0 bridgehead atoms. The van der Waals surface area contributed by atoms with E-state index in [2.05, 4.69) is 25.3 Å². The van der Waals surface area contributed by atoms with Gasteiger partial charge in [-0.15, -0.1) is 10.2 Å². The summed E-state index contributed by atoms with van der Waals surface area (Å²) in [5.74, 6) is 2.13. The van der Waals surface area contributed by atoms with Gasteiger partial charge in [-0.3, -0.25) is 4.57 Å². The molecule has 0 aromatic carbocycles. The van der Waals surface area contributed by atoms with Crippen molar-refractivity contribution >= 4 is 0 Å². The van der Waals surface area contributed by atoms with E-state index in [4.69, 9.17) is 9.26 Å². The highest BCUT2D eigenvalue weighted by molar-refractivity contribution is 5.52. The number of hydrogen-bond acceptors (Lipinski definition) is 7. The number of aromatic nitrogens is 6. The normalized spacial score (nSPS) is 18.2. The fourth-order valence-electron chi connectivity index (χ4n) is 2.24. The summed E-state index contributed by atoms with van der Waals surface area (Å²) >= 11 is 0. The van der Waals surface area contributed by atoms with Gasteiger partial charge in [0.25, 0.3) is 5.89 Å². The van der Waals surface area contributed by atoms with Gasteiger partial charge in [-0.25, -0.2) is 4.98 Å². The highest BCUT2D eigenvalue weighted by Crippen LogP contribution is 2.25. The van der Waals surface area contributed by atoms with E-state index in [0.29, 0.717) is 18.3 Å². The minimum Gasteiger partial charge on any atom is -0.381 e. The Labute approximate surface area is 119 Å². The lowest BCUT2D eigenvalue weighted by Gasteiger charge is -2.00. The molecule has 8 heteroatoms. The zero-order chi connectivity index (χ0) is 14.1. The van der Waals surface area contributed by atoms with E-state index in [9.17, 15) is 0 Å².